The van der Waals surface area contributed by atoms with Crippen LogP contribution in [0.5, 0.6) is 0 Å². The van der Waals surface area contributed by atoms with Crippen molar-refractivity contribution in [1.29, 1.82) is 0 Å². The Morgan fingerprint density at radius 2 is 2.07 bits per heavy atom. The van der Waals surface area contributed by atoms with Gasteiger partial charge in [0.1, 0.15) is 0 Å². The first-order valence-electron chi connectivity index (χ1n) is 4.35. The van der Waals surface area contributed by atoms with Gasteiger partial charge in [0.15, 0.2) is 0 Å². The molecule has 0 radical (unpaired) electrons. The first-order valence-corrected chi connectivity index (χ1v) is 4.35. The van der Waals surface area contributed by atoms with Crippen LogP contribution in [-0.2, 0) is 0 Å². The Balaban J connectivity index is 3.12. The van der Waals surface area contributed by atoms with E-state index in [1.54, 1.807) is 33.3 Å². The summed E-state index contributed by atoms with van der Waals surface area (Å²) in [5.74, 6) is -0.0837. The van der Waals surface area contributed by atoms with Gasteiger partial charge in [-0.05, 0) is 18.2 Å². The van der Waals surface area contributed by atoms with Gasteiger partial charge in [0.2, 0.25) is 0 Å². The van der Waals surface area contributed by atoms with Gasteiger partial charge in [0.25, 0.3) is 5.91 Å². The van der Waals surface area contributed by atoms with Crippen molar-refractivity contribution in [1.82, 2.24) is 4.90 Å². The first kappa shape index (κ1) is 10.4. The highest BCUT2D eigenvalue weighted by Gasteiger charge is 2.11. The quantitative estimate of drug-likeness (QED) is 0.689. The molecule has 4 heteroatoms. The second-order valence-electron chi connectivity index (χ2n) is 3.25. The number of hydrogen-bond donors (Lipinski definition) is 2. The Morgan fingerprint density at radius 1 is 1.43 bits per heavy atom. The second kappa shape index (κ2) is 4.00. The molecule has 3 N–H and O–H groups in total. The van der Waals surface area contributed by atoms with Crippen molar-refractivity contribution in [2.75, 3.05) is 32.2 Å². The Labute approximate surface area is 83.7 Å². The maximum Gasteiger partial charge on any atom is 0.255 e. The van der Waals surface area contributed by atoms with Crippen molar-refractivity contribution >= 4 is 17.3 Å². The zero-order valence-corrected chi connectivity index (χ0v) is 8.66. The van der Waals surface area contributed by atoms with Crippen LogP contribution in [-0.4, -0.2) is 32.0 Å². The molecule has 4 nitrogen and oxygen atoms in total. The van der Waals surface area contributed by atoms with Gasteiger partial charge in [-0.1, -0.05) is 0 Å². The number of hydrogen-bond acceptors (Lipinski definition) is 3. The van der Waals surface area contributed by atoms with E-state index in [2.05, 4.69) is 5.32 Å². The average molecular weight is 193 g/mol. The molecule has 0 saturated carbocycles. The zero-order valence-electron chi connectivity index (χ0n) is 8.66. The van der Waals surface area contributed by atoms with E-state index in [4.69, 9.17) is 5.73 Å². The molecule has 0 unspecified atom stereocenters. The molecule has 14 heavy (non-hydrogen) atoms. The van der Waals surface area contributed by atoms with Crippen molar-refractivity contribution in [3.05, 3.63) is 23.8 Å². The number of nitrogens with one attached hydrogen (secondary N) is 1. The number of nitrogens with zero attached hydrogens (tertiary/aromatic N) is 1. The summed E-state index contributed by atoms with van der Waals surface area (Å²) in [7, 11) is 5.21. The molecule has 0 aliphatic heterocycles. The summed E-state index contributed by atoms with van der Waals surface area (Å²) in [4.78, 5) is 13.2. The molecule has 0 heterocycles. The minimum absolute atomic E-state index is 0.0837. The van der Waals surface area contributed by atoms with Crippen molar-refractivity contribution in [3.63, 3.8) is 0 Å². The number of amides is 1. The van der Waals surface area contributed by atoms with E-state index in [1.807, 2.05) is 6.07 Å². The molecule has 0 fully saturated rings. The van der Waals surface area contributed by atoms with Crippen LogP contribution in [0.2, 0.25) is 0 Å². The van der Waals surface area contributed by atoms with Crippen LogP contribution in [0.1, 0.15) is 10.4 Å². The third kappa shape index (κ3) is 1.96. The maximum absolute atomic E-state index is 11.7. The summed E-state index contributed by atoms with van der Waals surface area (Å²) in [5.41, 5.74) is 7.62. The largest absolute Gasteiger partial charge is 0.398 e. The van der Waals surface area contributed by atoms with Crippen LogP contribution in [0.4, 0.5) is 11.4 Å². The average Bonchev–Trinajstić information content (AvgIpc) is 2.17. The van der Waals surface area contributed by atoms with E-state index in [9.17, 15) is 4.79 Å². The number of rotatable bonds is 2. The van der Waals surface area contributed by atoms with Crippen molar-refractivity contribution < 1.29 is 4.79 Å². The third-order valence-corrected chi connectivity index (χ3v) is 1.98. The molecular formula is C10H15N3O. The van der Waals surface area contributed by atoms with E-state index in [0.717, 1.165) is 5.69 Å². The molecule has 0 aliphatic rings. The molecule has 76 valence electrons. The summed E-state index contributed by atoms with van der Waals surface area (Å²) in [6.45, 7) is 0. The Kier molecular flexibility index (Phi) is 2.96. The van der Waals surface area contributed by atoms with Crippen molar-refractivity contribution in [2.45, 2.75) is 0 Å². The predicted octanol–water partition coefficient (Wildman–Crippen LogP) is 1.01. The predicted molar refractivity (Wildman–Crippen MR) is 58.4 cm³/mol. The van der Waals surface area contributed by atoms with Crippen LogP contribution in [0.3, 0.4) is 0 Å². The molecule has 0 saturated heterocycles. The highest BCUT2D eigenvalue weighted by atomic mass is 16.2. The Bertz CT molecular complexity index is 347. The molecular weight excluding hydrogens is 178 g/mol. The summed E-state index contributed by atoms with van der Waals surface area (Å²) in [5, 5.41) is 2.96. The monoisotopic (exact) mass is 193 g/mol. The van der Waals surface area contributed by atoms with Gasteiger partial charge in [-0.25, -0.2) is 0 Å². The number of nitrogens with two attached hydrogens (primary N) is 1. The number of benzene rings is 1. The van der Waals surface area contributed by atoms with Crippen LogP contribution in [0.15, 0.2) is 18.2 Å². The summed E-state index contributed by atoms with van der Waals surface area (Å²) in [6, 6.07) is 5.31. The van der Waals surface area contributed by atoms with Gasteiger partial charge in [-0.2, -0.15) is 0 Å². The maximum atomic E-state index is 11.7. The van der Waals surface area contributed by atoms with Crippen LogP contribution >= 0.6 is 0 Å². The lowest BCUT2D eigenvalue weighted by molar-refractivity contribution is 0.0828. The van der Waals surface area contributed by atoms with Gasteiger partial charge in [-0.3, -0.25) is 4.79 Å². The molecule has 1 rings (SSSR count). The first-order chi connectivity index (χ1) is 6.56. The number of carbonyl (C=O) groups is 1. The fraction of sp³-hybridized carbons (Fsp3) is 0.300. The van der Waals surface area contributed by atoms with Gasteiger partial charge < -0.3 is 16.0 Å². The standard InChI is InChI=1S/C10H15N3O/c1-12-7-4-5-9(11)8(6-7)10(14)13(2)3/h4-6,12H,11H2,1-3H3. The Morgan fingerprint density at radius 3 is 2.57 bits per heavy atom. The van der Waals surface area contributed by atoms with E-state index < -0.39 is 0 Å². The topological polar surface area (TPSA) is 58.4 Å². The molecule has 0 bridgehead atoms. The number of nitrogen functional groups attached to an aromatic ring is 1. The number of carbonyl (C=O) groups excluding carboxylic acids is 1. The lowest BCUT2D eigenvalue weighted by Crippen LogP contribution is -2.22. The second-order valence-corrected chi connectivity index (χ2v) is 3.25. The van der Waals surface area contributed by atoms with Crippen LogP contribution in [0, 0.1) is 0 Å². The van der Waals surface area contributed by atoms with Gasteiger partial charge >= 0.3 is 0 Å². The van der Waals surface area contributed by atoms with E-state index in [1.165, 1.54) is 4.90 Å². The van der Waals surface area contributed by atoms with E-state index in [0.29, 0.717) is 11.3 Å². The lowest BCUT2D eigenvalue weighted by atomic mass is 10.1. The van der Waals surface area contributed by atoms with E-state index >= 15 is 0 Å². The minimum Gasteiger partial charge on any atom is -0.398 e. The molecule has 0 spiro atoms. The zero-order chi connectivity index (χ0) is 10.7. The lowest BCUT2D eigenvalue weighted by Gasteiger charge is -2.13. The molecule has 0 aliphatic carbocycles. The van der Waals surface area contributed by atoms with Crippen molar-refractivity contribution in [3.8, 4) is 0 Å². The summed E-state index contributed by atoms with van der Waals surface area (Å²) in [6.07, 6.45) is 0. The van der Waals surface area contributed by atoms with Gasteiger partial charge in [0.05, 0.1) is 5.56 Å². The minimum atomic E-state index is -0.0837. The van der Waals surface area contributed by atoms with Crippen molar-refractivity contribution in [2.24, 2.45) is 0 Å². The number of anilines is 2. The van der Waals surface area contributed by atoms with E-state index in [-0.39, 0.29) is 5.91 Å². The molecule has 1 amide bonds. The fourth-order valence-electron chi connectivity index (χ4n) is 1.14. The third-order valence-electron chi connectivity index (χ3n) is 1.98. The molecule has 1 aromatic carbocycles. The molecule has 0 aromatic heterocycles. The summed E-state index contributed by atoms with van der Waals surface area (Å²) >= 11 is 0. The highest BCUT2D eigenvalue weighted by molar-refractivity contribution is 5.99. The molecule has 0 atom stereocenters. The molecule has 1 aromatic rings. The SMILES string of the molecule is CNc1ccc(N)c(C(=O)N(C)C)c1. The highest BCUT2D eigenvalue weighted by Crippen LogP contribution is 2.18. The normalized spacial score (nSPS) is 9.64. The fourth-order valence-corrected chi connectivity index (χ4v) is 1.14. The van der Waals surface area contributed by atoms with Gasteiger partial charge in [0, 0.05) is 32.5 Å². The Hall–Kier alpha value is -1.71. The smallest absolute Gasteiger partial charge is 0.255 e. The summed E-state index contributed by atoms with van der Waals surface area (Å²) < 4.78 is 0. The van der Waals surface area contributed by atoms with Crippen LogP contribution < -0.4 is 11.1 Å². The van der Waals surface area contributed by atoms with Gasteiger partial charge in [-0.15, -0.1) is 0 Å². The van der Waals surface area contributed by atoms with Crippen LogP contribution in [0.25, 0.3) is 0 Å².